The quantitative estimate of drug-likeness (QED) is 0.785. The van der Waals surface area contributed by atoms with Gasteiger partial charge in [0, 0.05) is 40.9 Å². The summed E-state index contributed by atoms with van der Waals surface area (Å²) < 4.78 is 1.10. The fraction of sp³-hybridized carbons (Fsp3) is 0.294. The summed E-state index contributed by atoms with van der Waals surface area (Å²) in [7, 11) is 2.10. The molecule has 0 fully saturated rings. The maximum absolute atomic E-state index is 6.36. The Morgan fingerprint density at radius 3 is 2.52 bits per heavy atom. The summed E-state index contributed by atoms with van der Waals surface area (Å²) in [6, 6.07) is 14.5. The van der Waals surface area contributed by atoms with E-state index in [0.717, 1.165) is 34.7 Å². The first-order valence-corrected chi connectivity index (χ1v) is 8.22. The van der Waals surface area contributed by atoms with Crippen LogP contribution in [0.15, 0.2) is 46.9 Å². The highest BCUT2D eigenvalue weighted by Crippen LogP contribution is 2.28. The third kappa shape index (κ3) is 4.47. The van der Waals surface area contributed by atoms with Gasteiger partial charge in [-0.3, -0.25) is 0 Å². The van der Waals surface area contributed by atoms with Gasteiger partial charge in [0.15, 0.2) is 0 Å². The molecule has 2 aromatic carbocycles. The van der Waals surface area contributed by atoms with Gasteiger partial charge in [0.05, 0.1) is 0 Å². The van der Waals surface area contributed by atoms with Crippen molar-refractivity contribution in [3.8, 4) is 0 Å². The predicted octanol–water partition coefficient (Wildman–Crippen LogP) is 4.85. The zero-order chi connectivity index (χ0) is 15.2. The molecule has 1 N–H and O–H groups in total. The van der Waals surface area contributed by atoms with Crippen molar-refractivity contribution in [2.24, 2.45) is 0 Å². The molecule has 0 atom stereocenters. The minimum absolute atomic E-state index is 0.788. The van der Waals surface area contributed by atoms with Gasteiger partial charge in [-0.2, -0.15) is 0 Å². The maximum Gasteiger partial charge on any atom is 0.0471 e. The van der Waals surface area contributed by atoms with Crippen molar-refractivity contribution >= 4 is 33.2 Å². The van der Waals surface area contributed by atoms with Gasteiger partial charge in [-0.15, -0.1) is 0 Å². The normalized spacial score (nSPS) is 10.7. The van der Waals surface area contributed by atoms with E-state index in [4.69, 9.17) is 11.6 Å². The molecule has 0 heterocycles. The van der Waals surface area contributed by atoms with Crippen LogP contribution < -0.4 is 10.2 Å². The minimum atomic E-state index is 0.788. The second kappa shape index (κ2) is 7.83. The number of halogens is 2. The molecule has 0 saturated heterocycles. The Morgan fingerprint density at radius 2 is 1.86 bits per heavy atom. The maximum atomic E-state index is 6.36. The highest BCUT2D eigenvalue weighted by molar-refractivity contribution is 9.10. The zero-order valence-corrected chi connectivity index (χ0v) is 14.7. The van der Waals surface area contributed by atoms with Crippen LogP contribution in [0.25, 0.3) is 0 Å². The van der Waals surface area contributed by atoms with E-state index < -0.39 is 0 Å². The van der Waals surface area contributed by atoms with E-state index in [1.165, 1.54) is 11.3 Å². The Bertz CT molecular complexity index is 584. The molecule has 112 valence electrons. The summed E-state index contributed by atoms with van der Waals surface area (Å²) >= 11 is 9.83. The molecule has 0 aliphatic carbocycles. The molecule has 2 nitrogen and oxygen atoms in total. The summed E-state index contributed by atoms with van der Waals surface area (Å²) in [6.07, 6.45) is 0. The van der Waals surface area contributed by atoms with E-state index in [0.29, 0.717) is 0 Å². The average Bonchev–Trinajstić information content (AvgIpc) is 2.48. The molecule has 2 rings (SSSR count). The van der Waals surface area contributed by atoms with E-state index >= 15 is 0 Å². The molecule has 21 heavy (non-hydrogen) atoms. The monoisotopic (exact) mass is 366 g/mol. The largest absolute Gasteiger partial charge is 0.370 e. The molecular formula is C17H20BrClN2. The van der Waals surface area contributed by atoms with Gasteiger partial charge in [0.25, 0.3) is 0 Å². The topological polar surface area (TPSA) is 15.3 Å². The van der Waals surface area contributed by atoms with Gasteiger partial charge >= 0.3 is 0 Å². The fourth-order valence-electron chi connectivity index (χ4n) is 2.28. The zero-order valence-electron chi connectivity index (χ0n) is 12.4. The van der Waals surface area contributed by atoms with Crippen LogP contribution in [0, 0.1) is 0 Å². The lowest BCUT2D eigenvalue weighted by molar-refractivity contribution is 0.723. The Morgan fingerprint density at radius 1 is 1.14 bits per heavy atom. The second-order valence-corrected chi connectivity index (χ2v) is 6.32. The molecular weight excluding hydrogens is 348 g/mol. The van der Waals surface area contributed by atoms with Crippen LogP contribution in [0.1, 0.15) is 18.1 Å². The Kier molecular flexibility index (Phi) is 6.09. The Hall–Kier alpha value is -1.03. The molecule has 0 radical (unpaired) electrons. The van der Waals surface area contributed by atoms with Gasteiger partial charge < -0.3 is 10.2 Å². The SMILES string of the molecule is CCNCc1c(Cl)cccc1N(C)Cc1ccc(Br)cc1. The molecule has 0 aromatic heterocycles. The van der Waals surface area contributed by atoms with E-state index in [1.807, 2.05) is 12.1 Å². The molecule has 0 saturated carbocycles. The summed E-state index contributed by atoms with van der Waals surface area (Å²) in [4.78, 5) is 2.24. The number of benzene rings is 2. The van der Waals surface area contributed by atoms with Crippen molar-refractivity contribution in [2.45, 2.75) is 20.0 Å². The fourth-order valence-corrected chi connectivity index (χ4v) is 2.78. The van der Waals surface area contributed by atoms with E-state index in [1.54, 1.807) is 0 Å². The third-order valence-electron chi connectivity index (χ3n) is 3.39. The van der Waals surface area contributed by atoms with E-state index in [2.05, 4.69) is 70.4 Å². The molecule has 0 spiro atoms. The molecule has 4 heteroatoms. The lowest BCUT2D eigenvalue weighted by Crippen LogP contribution is -2.21. The van der Waals surface area contributed by atoms with Gasteiger partial charge in [-0.1, -0.05) is 52.7 Å². The van der Waals surface area contributed by atoms with Crippen LogP contribution in [-0.2, 0) is 13.1 Å². The van der Waals surface area contributed by atoms with E-state index in [9.17, 15) is 0 Å². The summed E-state index contributed by atoms with van der Waals surface area (Å²) in [6.45, 7) is 4.67. The van der Waals surface area contributed by atoms with Crippen molar-refractivity contribution in [2.75, 3.05) is 18.5 Å². The highest BCUT2D eigenvalue weighted by Gasteiger charge is 2.11. The standard InChI is InChI=1S/C17H20BrClN2/c1-3-20-11-15-16(19)5-4-6-17(15)21(2)12-13-7-9-14(18)10-8-13/h4-10,20H,3,11-12H2,1-2H3. The smallest absolute Gasteiger partial charge is 0.0471 e. The average molecular weight is 368 g/mol. The second-order valence-electron chi connectivity index (χ2n) is 5.00. The molecule has 0 aliphatic heterocycles. The highest BCUT2D eigenvalue weighted by atomic mass is 79.9. The lowest BCUT2D eigenvalue weighted by Gasteiger charge is -2.23. The molecule has 0 amide bonds. The van der Waals surface area contributed by atoms with Crippen LogP contribution in [0.5, 0.6) is 0 Å². The minimum Gasteiger partial charge on any atom is -0.370 e. The van der Waals surface area contributed by atoms with Gasteiger partial charge in [-0.25, -0.2) is 0 Å². The number of hydrogen-bond donors (Lipinski definition) is 1. The number of hydrogen-bond acceptors (Lipinski definition) is 2. The third-order valence-corrected chi connectivity index (χ3v) is 4.27. The van der Waals surface area contributed by atoms with Crippen LogP contribution in [0.3, 0.4) is 0 Å². The van der Waals surface area contributed by atoms with Crippen LogP contribution in [0.2, 0.25) is 5.02 Å². The molecule has 0 aliphatic rings. The first kappa shape index (κ1) is 16.3. The van der Waals surface area contributed by atoms with Crippen molar-refractivity contribution in [1.29, 1.82) is 0 Å². The summed E-state index contributed by atoms with van der Waals surface area (Å²) in [5.41, 5.74) is 3.60. The Balaban J connectivity index is 2.19. The molecule has 0 unspecified atom stereocenters. The number of nitrogens with zero attached hydrogens (tertiary/aromatic N) is 1. The first-order valence-electron chi connectivity index (χ1n) is 7.05. The van der Waals surface area contributed by atoms with Gasteiger partial charge in [0.1, 0.15) is 0 Å². The van der Waals surface area contributed by atoms with Crippen LogP contribution in [-0.4, -0.2) is 13.6 Å². The lowest BCUT2D eigenvalue weighted by atomic mass is 10.1. The van der Waals surface area contributed by atoms with Crippen LogP contribution in [0.4, 0.5) is 5.69 Å². The molecule has 2 aromatic rings. The van der Waals surface area contributed by atoms with Crippen LogP contribution >= 0.6 is 27.5 Å². The van der Waals surface area contributed by atoms with Crippen molar-refractivity contribution in [3.05, 3.63) is 63.1 Å². The van der Waals surface area contributed by atoms with Crippen molar-refractivity contribution in [3.63, 3.8) is 0 Å². The number of anilines is 1. The van der Waals surface area contributed by atoms with Crippen molar-refractivity contribution in [1.82, 2.24) is 5.32 Å². The first-order chi connectivity index (χ1) is 10.1. The predicted molar refractivity (Wildman–Crippen MR) is 95.1 cm³/mol. The number of nitrogens with one attached hydrogen (secondary N) is 1. The molecule has 0 bridgehead atoms. The summed E-state index contributed by atoms with van der Waals surface area (Å²) in [5.74, 6) is 0. The Labute approximate surface area is 140 Å². The van der Waals surface area contributed by atoms with Gasteiger partial charge in [-0.05, 0) is 36.4 Å². The summed E-state index contributed by atoms with van der Waals surface area (Å²) in [5, 5.41) is 4.17. The van der Waals surface area contributed by atoms with Crippen molar-refractivity contribution < 1.29 is 0 Å². The van der Waals surface area contributed by atoms with Gasteiger partial charge in [0.2, 0.25) is 0 Å². The van der Waals surface area contributed by atoms with E-state index in [-0.39, 0.29) is 0 Å². The number of rotatable bonds is 6.